The normalized spacial score (nSPS) is 13.7. The van der Waals surface area contributed by atoms with E-state index in [9.17, 15) is 8.42 Å². The van der Waals surface area contributed by atoms with Crippen molar-refractivity contribution in [3.8, 4) is 0 Å². The number of hydrogen-bond donors (Lipinski definition) is 1. The molecule has 90 valence electrons. The number of benzene rings is 1. The second kappa shape index (κ2) is 5.66. The zero-order valence-electron chi connectivity index (χ0n) is 9.40. The third-order valence-electron chi connectivity index (χ3n) is 2.36. The molecule has 3 nitrogen and oxygen atoms in total. The molecule has 0 amide bonds. The Morgan fingerprint density at radius 3 is 2.56 bits per heavy atom. The molecule has 1 aromatic rings. The molecule has 0 unspecified atom stereocenters. The molecule has 0 aliphatic carbocycles. The van der Waals surface area contributed by atoms with Crippen molar-refractivity contribution in [2.75, 3.05) is 11.6 Å². The van der Waals surface area contributed by atoms with E-state index in [-0.39, 0.29) is 17.7 Å². The fourth-order valence-electron chi connectivity index (χ4n) is 1.57. The summed E-state index contributed by atoms with van der Waals surface area (Å²) in [6.07, 6.45) is 0. The van der Waals surface area contributed by atoms with Gasteiger partial charge in [-0.2, -0.15) is 0 Å². The molecule has 5 heteroatoms. The largest absolute Gasteiger partial charge is 0.213 e. The molecule has 0 aliphatic rings. The van der Waals surface area contributed by atoms with Gasteiger partial charge in [-0.1, -0.05) is 24.3 Å². The molecule has 0 saturated carbocycles. The molecule has 0 bridgehead atoms. The number of rotatable bonds is 5. The lowest BCUT2D eigenvalue weighted by Crippen LogP contribution is -2.30. The highest BCUT2D eigenvalue weighted by molar-refractivity contribution is 7.89. The van der Waals surface area contributed by atoms with Crippen LogP contribution in [-0.2, 0) is 10.0 Å². The number of hydrogen-bond acceptors (Lipinski definition) is 2. The first-order valence-corrected chi connectivity index (χ1v) is 7.26. The van der Waals surface area contributed by atoms with Gasteiger partial charge in [-0.3, -0.25) is 0 Å². The van der Waals surface area contributed by atoms with Gasteiger partial charge in [0.05, 0.1) is 5.75 Å². The van der Waals surface area contributed by atoms with Crippen molar-refractivity contribution < 1.29 is 8.42 Å². The molecule has 1 rings (SSSR count). The topological polar surface area (TPSA) is 46.2 Å². The number of alkyl halides is 1. The fourth-order valence-corrected chi connectivity index (χ4v) is 3.16. The summed E-state index contributed by atoms with van der Waals surface area (Å²) in [5.41, 5.74) is 2.06. The van der Waals surface area contributed by atoms with Gasteiger partial charge in [0, 0.05) is 11.9 Å². The first-order chi connectivity index (χ1) is 7.46. The monoisotopic (exact) mass is 261 g/mol. The molecular weight excluding hydrogens is 246 g/mol. The molecule has 0 heterocycles. The van der Waals surface area contributed by atoms with Gasteiger partial charge in [-0.15, -0.1) is 11.6 Å². The van der Waals surface area contributed by atoms with Crippen molar-refractivity contribution in [2.45, 2.75) is 19.9 Å². The molecular formula is C11H16ClNO2S. The van der Waals surface area contributed by atoms with Gasteiger partial charge in [0.1, 0.15) is 0 Å². The minimum absolute atomic E-state index is 0.0508. The Morgan fingerprint density at radius 2 is 2.00 bits per heavy atom. The van der Waals surface area contributed by atoms with Crippen molar-refractivity contribution in [1.82, 2.24) is 4.72 Å². The van der Waals surface area contributed by atoms with E-state index in [1.165, 1.54) is 0 Å². The predicted molar refractivity (Wildman–Crippen MR) is 67.2 cm³/mol. The van der Waals surface area contributed by atoms with Crippen molar-refractivity contribution in [1.29, 1.82) is 0 Å². The van der Waals surface area contributed by atoms with Crippen LogP contribution in [0.5, 0.6) is 0 Å². The zero-order chi connectivity index (χ0) is 12.2. The quantitative estimate of drug-likeness (QED) is 0.826. The summed E-state index contributed by atoms with van der Waals surface area (Å²) >= 11 is 5.43. The Morgan fingerprint density at radius 1 is 1.38 bits per heavy atom. The maximum absolute atomic E-state index is 11.5. The van der Waals surface area contributed by atoms with Gasteiger partial charge in [0.2, 0.25) is 10.0 Å². The lowest BCUT2D eigenvalue weighted by atomic mass is 10.0. The number of nitrogens with one attached hydrogen (secondary N) is 1. The van der Waals surface area contributed by atoms with E-state index in [2.05, 4.69) is 4.72 Å². The van der Waals surface area contributed by atoms with Crippen molar-refractivity contribution in [3.05, 3.63) is 35.4 Å². The maximum atomic E-state index is 11.5. The summed E-state index contributed by atoms with van der Waals surface area (Å²) in [5.74, 6) is 0.0562. The second-order valence-electron chi connectivity index (χ2n) is 3.70. The molecule has 0 saturated heterocycles. The van der Waals surface area contributed by atoms with Gasteiger partial charge in [0.15, 0.2) is 0 Å². The number of aryl methyl sites for hydroxylation is 1. The van der Waals surface area contributed by atoms with Crippen molar-refractivity contribution in [3.63, 3.8) is 0 Å². The van der Waals surface area contributed by atoms with Gasteiger partial charge in [0.25, 0.3) is 0 Å². The van der Waals surface area contributed by atoms with Crippen molar-refractivity contribution in [2.24, 2.45) is 0 Å². The van der Waals surface area contributed by atoms with Gasteiger partial charge >= 0.3 is 0 Å². The Bertz CT molecular complexity index is 445. The van der Waals surface area contributed by atoms with Crippen LogP contribution in [0.1, 0.15) is 24.1 Å². The van der Waals surface area contributed by atoms with Crippen LogP contribution < -0.4 is 4.72 Å². The average molecular weight is 262 g/mol. The molecule has 0 aromatic heterocycles. The second-order valence-corrected chi connectivity index (χ2v) is 5.96. The summed E-state index contributed by atoms with van der Waals surface area (Å²) in [6, 6.07) is 7.48. The minimum atomic E-state index is -3.28. The number of sulfonamides is 1. The van der Waals surface area contributed by atoms with Crippen molar-refractivity contribution >= 4 is 21.6 Å². The lowest BCUT2D eigenvalue weighted by Gasteiger charge is -2.16. The van der Waals surface area contributed by atoms with E-state index in [1.807, 2.05) is 38.1 Å². The van der Waals surface area contributed by atoms with Crippen LogP contribution in [0, 0.1) is 6.92 Å². The van der Waals surface area contributed by atoms with E-state index in [0.29, 0.717) is 0 Å². The molecule has 0 fully saturated rings. The van der Waals surface area contributed by atoms with Gasteiger partial charge in [-0.05, 0) is 25.0 Å². The molecule has 0 aliphatic heterocycles. The van der Waals surface area contributed by atoms with Crippen LogP contribution in [0.15, 0.2) is 24.3 Å². The third kappa shape index (κ3) is 3.77. The average Bonchev–Trinajstić information content (AvgIpc) is 2.17. The van der Waals surface area contributed by atoms with E-state index in [4.69, 9.17) is 11.6 Å². The number of halogens is 1. The Kier molecular flexibility index (Phi) is 4.77. The summed E-state index contributed by atoms with van der Waals surface area (Å²) in [5, 5.41) is 0. The Labute approximate surface area is 102 Å². The highest BCUT2D eigenvalue weighted by Crippen LogP contribution is 2.17. The smallest absolute Gasteiger partial charge is 0.212 e. The summed E-state index contributed by atoms with van der Waals surface area (Å²) in [6.45, 7) is 3.79. The summed E-state index contributed by atoms with van der Waals surface area (Å²) in [7, 11) is -3.28. The Hall–Kier alpha value is -0.580. The molecule has 0 spiro atoms. The molecule has 1 aromatic carbocycles. The highest BCUT2D eigenvalue weighted by atomic mass is 35.5. The van der Waals surface area contributed by atoms with Gasteiger partial charge < -0.3 is 0 Å². The van der Waals surface area contributed by atoms with E-state index in [1.54, 1.807) is 0 Å². The first kappa shape index (κ1) is 13.5. The third-order valence-corrected chi connectivity index (χ3v) is 4.22. The standard InChI is InChI=1S/C11H16ClNO2S/c1-9-5-3-4-6-11(9)10(2)13-16(14,15)8-7-12/h3-6,10,13H,7-8H2,1-2H3/t10-/m1/s1. The zero-order valence-corrected chi connectivity index (χ0v) is 11.0. The van der Waals surface area contributed by atoms with Crippen LogP contribution in [0.25, 0.3) is 0 Å². The van der Waals surface area contributed by atoms with E-state index in [0.717, 1.165) is 11.1 Å². The summed E-state index contributed by atoms with van der Waals surface area (Å²) in [4.78, 5) is 0. The first-order valence-electron chi connectivity index (χ1n) is 5.08. The molecule has 0 radical (unpaired) electrons. The SMILES string of the molecule is Cc1ccccc1[C@@H](C)NS(=O)(=O)CCCl. The molecule has 1 N–H and O–H groups in total. The fraction of sp³-hybridized carbons (Fsp3) is 0.455. The van der Waals surface area contributed by atoms with Crippen LogP contribution >= 0.6 is 11.6 Å². The summed E-state index contributed by atoms with van der Waals surface area (Å²) < 4.78 is 25.7. The highest BCUT2D eigenvalue weighted by Gasteiger charge is 2.15. The predicted octanol–water partition coefficient (Wildman–Crippen LogP) is 2.21. The molecule has 1 atom stereocenters. The van der Waals surface area contributed by atoms with Crippen LogP contribution in [0.2, 0.25) is 0 Å². The van der Waals surface area contributed by atoms with Gasteiger partial charge in [-0.25, -0.2) is 13.1 Å². The minimum Gasteiger partial charge on any atom is -0.212 e. The van der Waals surface area contributed by atoms with Crippen LogP contribution in [0.4, 0.5) is 0 Å². The Balaban J connectivity index is 2.81. The maximum Gasteiger partial charge on any atom is 0.213 e. The van der Waals surface area contributed by atoms with E-state index < -0.39 is 10.0 Å². The molecule has 16 heavy (non-hydrogen) atoms. The van der Waals surface area contributed by atoms with Crippen LogP contribution in [-0.4, -0.2) is 20.1 Å². The lowest BCUT2D eigenvalue weighted by molar-refractivity contribution is 0.568. The van der Waals surface area contributed by atoms with Crippen LogP contribution in [0.3, 0.4) is 0 Å². The van der Waals surface area contributed by atoms with E-state index >= 15 is 0 Å².